The van der Waals surface area contributed by atoms with E-state index >= 15 is 0 Å². The molecule has 0 spiro atoms. The minimum atomic E-state index is 1.01. The molecule has 1 aromatic carbocycles. The van der Waals surface area contributed by atoms with Gasteiger partial charge in [-0.15, -0.1) is 0 Å². The molecule has 0 saturated carbocycles. The number of aryl methyl sites for hydroxylation is 2. The second kappa shape index (κ2) is 6.37. The quantitative estimate of drug-likeness (QED) is 0.702. The highest BCUT2D eigenvalue weighted by Gasteiger charge is 1.97. The summed E-state index contributed by atoms with van der Waals surface area (Å²) in [5.74, 6) is 0. The zero-order valence-corrected chi connectivity index (χ0v) is 12.1. The zero-order valence-electron chi connectivity index (χ0n) is 12.1. The molecule has 19 heavy (non-hydrogen) atoms. The van der Waals surface area contributed by atoms with E-state index in [1.807, 2.05) is 6.21 Å². The number of hydrogen-bond acceptors (Lipinski definition) is 1. The molecule has 0 saturated heterocycles. The fourth-order valence-electron chi connectivity index (χ4n) is 2.03. The Bertz CT molecular complexity index is 547. The highest BCUT2D eigenvalue weighted by atomic mass is 15.0. The van der Waals surface area contributed by atoms with Crippen LogP contribution in [0.5, 0.6) is 0 Å². The lowest BCUT2D eigenvalue weighted by atomic mass is 10.1. The van der Waals surface area contributed by atoms with Crippen molar-refractivity contribution in [3.63, 3.8) is 0 Å². The van der Waals surface area contributed by atoms with E-state index in [4.69, 9.17) is 0 Å². The van der Waals surface area contributed by atoms with Crippen molar-refractivity contribution in [3.8, 4) is 0 Å². The molecular formula is C17H22N2. The molecule has 0 N–H and O–H groups in total. The van der Waals surface area contributed by atoms with Crippen molar-refractivity contribution in [2.45, 2.75) is 33.1 Å². The van der Waals surface area contributed by atoms with Gasteiger partial charge >= 0.3 is 0 Å². The highest BCUT2D eigenvalue weighted by Crippen LogP contribution is 2.15. The summed E-state index contributed by atoms with van der Waals surface area (Å²) in [5.41, 5.74) is 4.79. The third kappa shape index (κ3) is 3.57. The molecule has 0 radical (unpaired) electrons. The maximum atomic E-state index is 4.53. The van der Waals surface area contributed by atoms with Gasteiger partial charge in [0.05, 0.1) is 17.6 Å². The van der Waals surface area contributed by atoms with Crippen LogP contribution >= 0.6 is 0 Å². The number of hydrogen-bond donors (Lipinski definition) is 0. The van der Waals surface area contributed by atoms with E-state index < -0.39 is 0 Å². The summed E-state index contributed by atoms with van der Waals surface area (Å²) in [4.78, 5) is 4.53. The number of unbranched alkanes of at least 4 members (excludes halogenated alkanes) is 1. The molecule has 2 nitrogen and oxygen atoms in total. The fourth-order valence-corrected chi connectivity index (χ4v) is 2.03. The molecule has 0 bridgehead atoms. The van der Waals surface area contributed by atoms with Crippen molar-refractivity contribution in [2.75, 3.05) is 0 Å². The molecule has 2 aromatic rings. The van der Waals surface area contributed by atoms with E-state index in [2.05, 4.69) is 66.9 Å². The maximum Gasteiger partial charge on any atom is 0.0630 e. The van der Waals surface area contributed by atoms with E-state index in [9.17, 15) is 0 Å². The summed E-state index contributed by atoms with van der Waals surface area (Å²) in [7, 11) is 2.06. The average Bonchev–Trinajstić information content (AvgIpc) is 2.75. The summed E-state index contributed by atoms with van der Waals surface area (Å²) in [6.45, 7) is 4.32. The number of benzene rings is 1. The van der Waals surface area contributed by atoms with Crippen LogP contribution in [0.3, 0.4) is 0 Å². The van der Waals surface area contributed by atoms with Gasteiger partial charge in [-0.05, 0) is 49.6 Å². The molecular weight excluding hydrogens is 232 g/mol. The summed E-state index contributed by atoms with van der Waals surface area (Å²) in [5, 5.41) is 0. The van der Waals surface area contributed by atoms with Crippen molar-refractivity contribution in [1.82, 2.24) is 4.57 Å². The molecule has 1 heterocycles. The van der Waals surface area contributed by atoms with E-state index in [0.29, 0.717) is 0 Å². The van der Waals surface area contributed by atoms with Crippen LogP contribution in [-0.2, 0) is 13.5 Å². The van der Waals surface area contributed by atoms with Crippen molar-refractivity contribution < 1.29 is 0 Å². The molecule has 0 aliphatic rings. The fraction of sp³-hybridized carbons (Fsp3) is 0.353. The first-order valence-corrected chi connectivity index (χ1v) is 6.96. The monoisotopic (exact) mass is 254 g/mol. The van der Waals surface area contributed by atoms with Gasteiger partial charge in [0.1, 0.15) is 0 Å². The number of rotatable bonds is 5. The molecule has 0 unspecified atom stereocenters. The Morgan fingerprint density at radius 1 is 1.11 bits per heavy atom. The summed E-state index contributed by atoms with van der Waals surface area (Å²) < 4.78 is 2.14. The normalized spacial score (nSPS) is 11.3. The minimum Gasteiger partial charge on any atom is -0.347 e. The predicted octanol–water partition coefficient (Wildman–Crippen LogP) is 4.43. The second-order valence-electron chi connectivity index (χ2n) is 4.99. The molecule has 0 amide bonds. The zero-order chi connectivity index (χ0) is 13.7. The molecule has 2 heteroatoms. The highest BCUT2D eigenvalue weighted by molar-refractivity contribution is 5.80. The van der Waals surface area contributed by atoms with Crippen molar-refractivity contribution in [2.24, 2.45) is 12.0 Å². The summed E-state index contributed by atoms with van der Waals surface area (Å²) in [6, 6.07) is 12.7. The number of nitrogens with zero attached hydrogens (tertiary/aromatic N) is 2. The molecule has 1 aromatic heterocycles. The van der Waals surface area contributed by atoms with Crippen LogP contribution in [0.4, 0.5) is 5.69 Å². The summed E-state index contributed by atoms with van der Waals surface area (Å²) >= 11 is 0. The van der Waals surface area contributed by atoms with Crippen LogP contribution in [0.15, 0.2) is 41.4 Å². The Kier molecular flexibility index (Phi) is 4.56. The van der Waals surface area contributed by atoms with Gasteiger partial charge in [-0.3, -0.25) is 4.99 Å². The number of aromatic nitrogens is 1. The Hall–Kier alpha value is -1.83. The van der Waals surface area contributed by atoms with Crippen molar-refractivity contribution in [3.05, 3.63) is 53.3 Å². The third-order valence-electron chi connectivity index (χ3n) is 3.51. The van der Waals surface area contributed by atoms with Gasteiger partial charge in [0, 0.05) is 12.7 Å². The van der Waals surface area contributed by atoms with Crippen LogP contribution in [0.1, 0.15) is 36.7 Å². The molecule has 0 fully saturated rings. The van der Waals surface area contributed by atoms with Gasteiger partial charge in [-0.1, -0.05) is 25.5 Å². The molecule has 100 valence electrons. The van der Waals surface area contributed by atoms with Gasteiger partial charge in [0.2, 0.25) is 0 Å². The summed E-state index contributed by atoms with van der Waals surface area (Å²) in [6.07, 6.45) is 5.59. The van der Waals surface area contributed by atoms with E-state index in [1.165, 1.54) is 24.1 Å². The van der Waals surface area contributed by atoms with Crippen LogP contribution in [0.2, 0.25) is 0 Å². The first-order chi connectivity index (χ1) is 9.20. The molecule has 2 rings (SSSR count). The first-order valence-electron chi connectivity index (χ1n) is 6.96. The predicted molar refractivity (Wildman–Crippen MR) is 82.5 cm³/mol. The van der Waals surface area contributed by atoms with Gasteiger partial charge in [-0.2, -0.15) is 0 Å². The third-order valence-corrected chi connectivity index (χ3v) is 3.51. The topological polar surface area (TPSA) is 17.3 Å². The van der Waals surface area contributed by atoms with Crippen LogP contribution in [0.25, 0.3) is 0 Å². The standard InChI is InChI=1S/C17H22N2/c1-4-5-6-15-8-10-16(11-9-15)18-13-17-12-7-14(2)19(17)3/h7-13H,4-6H2,1-3H3. The van der Waals surface area contributed by atoms with Gasteiger partial charge in [0.25, 0.3) is 0 Å². The first kappa shape index (κ1) is 13.6. The largest absolute Gasteiger partial charge is 0.347 e. The van der Waals surface area contributed by atoms with Crippen molar-refractivity contribution in [1.29, 1.82) is 0 Å². The molecule has 0 aliphatic carbocycles. The second-order valence-corrected chi connectivity index (χ2v) is 4.99. The maximum absolute atomic E-state index is 4.53. The Morgan fingerprint density at radius 2 is 1.84 bits per heavy atom. The van der Waals surface area contributed by atoms with Gasteiger partial charge in [0.15, 0.2) is 0 Å². The van der Waals surface area contributed by atoms with Gasteiger partial charge in [-0.25, -0.2) is 0 Å². The molecule has 0 aliphatic heterocycles. The van der Waals surface area contributed by atoms with E-state index in [0.717, 1.165) is 17.8 Å². The Morgan fingerprint density at radius 3 is 2.42 bits per heavy atom. The van der Waals surface area contributed by atoms with Crippen LogP contribution in [0, 0.1) is 6.92 Å². The minimum absolute atomic E-state index is 1.01. The van der Waals surface area contributed by atoms with E-state index in [-0.39, 0.29) is 0 Å². The molecule has 0 atom stereocenters. The Balaban J connectivity index is 2.05. The SMILES string of the molecule is CCCCc1ccc(N=Cc2ccc(C)n2C)cc1. The lowest BCUT2D eigenvalue weighted by Crippen LogP contribution is -1.96. The average molecular weight is 254 g/mol. The lowest BCUT2D eigenvalue weighted by molar-refractivity contribution is 0.795. The number of aliphatic imine (C=N–C) groups is 1. The Labute approximate surface area is 115 Å². The van der Waals surface area contributed by atoms with E-state index in [1.54, 1.807) is 0 Å². The van der Waals surface area contributed by atoms with Gasteiger partial charge < -0.3 is 4.57 Å². The van der Waals surface area contributed by atoms with Crippen molar-refractivity contribution >= 4 is 11.9 Å². The van der Waals surface area contributed by atoms with Crippen LogP contribution < -0.4 is 0 Å². The lowest BCUT2D eigenvalue weighted by Gasteiger charge is -2.01. The van der Waals surface area contributed by atoms with Crippen LogP contribution in [-0.4, -0.2) is 10.8 Å². The smallest absolute Gasteiger partial charge is 0.0630 e.